The van der Waals surface area contributed by atoms with Gasteiger partial charge >= 0.3 is 6.03 Å². The van der Waals surface area contributed by atoms with E-state index < -0.39 is 6.04 Å². The molecule has 0 aliphatic carbocycles. The third kappa shape index (κ3) is 2.03. The third-order valence-electron chi connectivity index (χ3n) is 3.11. The summed E-state index contributed by atoms with van der Waals surface area (Å²) in [5, 5.41) is 2.15. The van der Waals surface area contributed by atoms with Gasteiger partial charge in [0.05, 0.1) is 0 Å². The number of benzene rings is 1. The van der Waals surface area contributed by atoms with Gasteiger partial charge in [0.2, 0.25) is 5.13 Å². The molecule has 0 bridgehead atoms. The number of hydrogen-bond acceptors (Lipinski definition) is 4. The van der Waals surface area contributed by atoms with Crippen molar-refractivity contribution in [2.75, 3.05) is 11.9 Å². The Bertz CT molecular complexity index is 674. The van der Waals surface area contributed by atoms with E-state index in [9.17, 15) is 9.59 Å². The minimum absolute atomic E-state index is 0.273. The van der Waals surface area contributed by atoms with Crippen molar-refractivity contribution in [3.8, 4) is 0 Å². The molecule has 0 N–H and O–H groups in total. The molecule has 3 amide bonds. The average molecular weight is 352 g/mol. The molecule has 0 radical (unpaired) electrons. The standard InChI is InChI=1S/C13H10BrN3O2S/c1-16-10(8-3-2-4-9(14)7-8)11(18)17(13(16)19)12-15-5-6-20-12/h2-7,10H,1H3/t10-/m0/s1. The molecule has 1 aromatic carbocycles. The molecule has 0 spiro atoms. The number of amides is 3. The van der Waals surface area contributed by atoms with Gasteiger partial charge in [-0.15, -0.1) is 11.3 Å². The van der Waals surface area contributed by atoms with E-state index in [2.05, 4.69) is 20.9 Å². The maximum absolute atomic E-state index is 12.6. The van der Waals surface area contributed by atoms with Crippen LogP contribution >= 0.6 is 27.3 Å². The molecule has 7 heteroatoms. The van der Waals surface area contributed by atoms with Crippen LogP contribution in [0.1, 0.15) is 11.6 Å². The highest BCUT2D eigenvalue weighted by Gasteiger charge is 2.45. The molecule has 1 aliphatic rings. The number of aromatic nitrogens is 1. The van der Waals surface area contributed by atoms with E-state index >= 15 is 0 Å². The van der Waals surface area contributed by atoms with Crippen molar-refractivity contribution in [1.82, 2.24) is 9.88 Å². The van der Waals surface area contributed by atoms with Crippen molar-refractivity contribution in [2.45, 2.75) is 6.04 Å². The van der Waals surface area contributed by atoms with Gasteiger partial charge in [-0.05, 0) is 17.7 Å². The maximum atomic E-state index is 12.6. The van der Waals surface area contributed by atoms with Crippen LogP contribution in [0.15, 0.2) is 40.3 Å². The minimum atomic E-state index is -0.608. The fourth-order valence-electron chi connectivity index (χ4n) is 2.20. The highest BCUT2D eigenvalue weighted by atomic mass is 79.9. The van der Waals surface area contributed by atoms with E-state index in [1.807, 2.05) is 24.3 Å². The predicted molar refractivity (Wildman–Crippen MR) is 79.6 cm³/mol. The quantitative estimate of drug-likeness (QED) is 0.781. The molecule has 1 aliphatic heterocycles. The first kappa shape index (κ1) is 13.3. The monoisotopic (exact) mass is 351 g/mol. The third-order valence-corrected chi connectivity index (χ3v) is 4.36. The van der Waals surface area contributed by atoms with E-state index in [0.29, 0.717) is 5.13 Å². The number of urea groups is 1. The lowest BCUT2D eigenvalue weighted by atomic mass is 10.1. The fraction of sp³-hybridized carbons (Fsp3) is 0.154. The molecule has 2 heterocycles. The average Bonchev–Trinajstić information content (AvgIpc) is 2.99. The van der Waals surface area contributed by atoms with E-state index in [1.165, 1.54) is 16.2 Å². The first-order valence-electron chi connectivity index (χ1n) is 5.85. The molecule has 5 nitrogen and oxygen atoms in total. The molecule has 102 valence electrons. The van der Waals surface area contributed by atoms with Crippen LogP contribution in [0, 0.1) is 0 Å². The SMILES string of the molecule is CN1C(=O)N(c2nccs2)C(=O)[C@@H]1c1cccc(Br)c1. The number of imide groups is 1. The van der Waals surface area contributed by atoms with Gasteiger partial charge in [-0.1, -0.05) is 28.1 Å². The summed E-state index contributed by atoms with van der Waals surface area (Å²) >= 11 is 4.65. The van der Waals surface area contributed by atoms with Crippen LogP contribution in [0.3, 0.4) is 0 Å². The van der Waals surface area contributed by atoms with Crippen LogP contribution < -0.4 is 4.90 Å². The van der Waals surface area contributed by atoms with E-state index in [4.69, 9.17) is 0 Å². The fourth-order valence-corrected chi connectivity index (χ4v) is 3.25. The minimum Gasteiger partial charge on any atom is -0.311 e. The number of hydrogen-bond donors (Lipinski definition) is 0. The van der Waals surface area contributed by atoms with Crippen LogP contribution in [0.5, 0.6) is 0 Å². The molecule has 1 saturated heterocycles. The van der Waals surface area contributed by atoms with E-state index in [0.717, 1.165) is 14.9 Å². The van der Waals surface area contributed by atoms with Crippen LogP contribution in [0.4, 0.5) is 9.93 Å². The summed E-state index contributed by atoms with van der Waals surface area (Å²) in [6, 6.07) is 6.44. The van der Waals surface area contributed by atoms with Crippen molar-refractivity contribution in [1.29, 1.82) is 0 Å². The Morgan fingerprint density at radius 1 is 1.35 bits per heavy atom. The molecule has 0 saturated carbocycles. The molecule has 2 aromatic rings. The molecule has 3 rings (SSSR count). The normalized spacial score (nSPS) is 19.0. The van der Waals surface area contributed by atoms with Crippen LogP contribution in [0.25, 0.3) is 0 Å². The smallest absolute Gasteiger partial charge is 0.311 e. The molecular formula is C13H10BrN3O2S. The zero-order chi connectivity index (χ0) is 14.3. The van der Waals surface area contributed by atoms with Crippen molar-refractivity contribution < 1.29 is 9.59 Å². The second kappa shape index (κ2) is 4.99. The van der Waals surface area contributed by atoms with E-state index in [-0.39, 0.29) is 11.9 Å². The summed E-state index contributed by atoms with van der Waals surface area (Å²) in [5.74, 6) is -0.273. The Kier molecular flexibility index (Phi) is 3.31. The Morgan fingerprint density at radius 3 is 2.80 bits per heavy atom. The number of thiazole rings is 1. The number of likely N-dealkylation sites (N-methyl/N-ethyl adjacent to an activating group) is 1. The van der Waals surface area contributed by atoms with Gasteiger partial charge in [-0.2, -0.15) is 0 Å². The zero-order valence-corrected chi connectivity index (χ0v) is 12.9. The summed E-state index contributed by atoms with van der Waals surface area (Å²) in [5.41, 5.74) is 0.777. The largest absolute Gasteiger partial charge is 0.334 e. The number of carbonyl (C=O) groups is 2. The molecule has 1 fully saturated rings. The van der Waals surface area contributed by atoms with E-state index in [1.54, 1.807) is 18.6 Å². The summed E-state index contributed by atoms with van der Waals surface area (Å²) in [6.45, 7) is 0. The molecule has 1 aromatic heterocycles. The number of halogens is 1. The van der Waals surface area contributed by atoms with Crippen LogP contribution in [-0.2, 0) is 4.79 Å². The highest BCUT2D eigenvalue weighted by molar-refractivity contribution is 9.10. The van der Waals surface area contributed by atoms with Gasteiger partial charge < -0.3 is 4.90 Å². The Morgan fingerprint density at radius 2 is 2.15 bits per heavy atom. The van der Waals surface area contributed by atoms with Gasteiger partial charge in [-0.3, -0.25) is 4.79 Å². The first-order valence-corrected chi connectivity index (χ1v) is 7.52. The van der Waals surface area contributed by atoms with Crippen molar-refractivity contribution in [2.24, 2.45) is 0 Å². The van der Waals surface area contributed by atoms with Gasteiger partial charge in [0.25, 0.3) is 5.91 Å². The Labute approximate surface area is 128 Å². The van der Waals surface area contributed by atoms with Crippen molar-refractivity contribution >= 4 is 44.3 Å². The lowest BCUT2D eigenvalue weighted by Crippen LogP contribution is -2.31. The Hall–Kier alpha value is -1.73. The second-order valence-electron chi connectivity index (χ2n) is 4.34. The molecule has 1 atom stereocenters. The van der Waals surface area contributed by atoms with Gasteiger partial charge in [0, 0.05) is 23.1 Å². The van der Waals surface area contributed by atoms with Gasteiger partial charge in [-0.25, -0.2) is 14.7 Å². The first-order chi connectivity index (χ1) is 9.59. The van der Waals surface area contributed by atoms with Gasteiger partial charge in [0.15, 0.2) is 0 Å². The van der Waals surface area contributed by atoms with Crippen LogP contribution in [0.2, 0.25) is 0 Å². The topological polar surface area (TPSA) is 53.5 Å². The second-order valence-corrected chi connectivity index (χ2v) is 6.13. The summed E-state index contributed by atoms with van der Waals surface area (Å²) < 4.78 is 0.872. The van der Waals surface area contributed by atoms with Gasteiger partial charge in [0.1, 0.15) is 6.04 Å². The van der Waals surface area contributed by atoms with Crippen molar-refractivity contribution in [3.05, 3.63) is 45.9 Å². The molecule has 20 heavy (non-hydrogen) atoms. The number of anilines is 1. The lowest BCUT2D eigenvalue weighted by molar-refractivity contribution is -0.119. The zero-order valence-electron chi connectivity index (χ0n) is 10.5. The van der Waals surface area contributed by atoms with Crippen molar-refractivity contribution in [3.63, 3.8) is 0 Å². The number of carbonyl (C=O) groups excluding carboxylic acids is 2. The predicted octanol–water partition coefficient (Wildman–Crippen LogP) is 3.05. The summed E-state index contributed by atoms with van der Waals surface area (Å²) in [4.78, 5) is 31.4. The lowest BCUT2D eigenvalue weighted by Gasteiger charge is -2.16. The summed E-state index contributed by atoms with van der Waals surface area (Å²) in [6.07, 6.45) is 1.58. The number of rotatable bonds is 2. The van der Waals surface area contributed by atoms with Crippen LogP contribution in [-0.4, -0.2) is 28.9 Å². The molecule has 0 unspecified atom stereocenters. The number of nitrogens with zero attached hydrogens (tertiary/aromatic N) is 3. The maximum Gasteiger partial charge on any atom is 0.334 e. The molecular weight excluding hydrogens is 342 g/mol. The Balaban J connectivity index is 2.02. The summed E-state index contributed by atoms with van der Waals surface area (Å²) in [7, 11) is 1.62. The highest BCUT2D eigenvalue weighted by Crippen LogP contribution is 2.34.